The van der Waals surface area contributed by atoms with Gasteiger partial charge in [0.05, 0.1) is 5.69 Å². The third kappa shape index (κ3) is 5.61. The highest BCUT2D eigenvalue weighted by molar-refractivity contribution is 7.13. The highest BCUT2D eigenvalue weighted by atomic mass is 32.1. The topological polar surface area (TPSA) is 46.6 Å². The number of aromatic carboxylic acids is 1. The van der Waals surface area contributed by atoms with E-state index in [4.69, 9.17) is 11.7 Å². The molecule has 5 heteroatoms. The smallest absolute Gasteiger partial charge is 0.345 e. The number of hydrogen-bond acceptors (Lipinski definition) is 2. The molecule has 3 aromatic rings. The van der Waals surface area contributed by atoms with Gasteiger partial charge >= 0.3 is 5.97 Å². The van der Waals surface area contributed by atoms with Gasteiger partial charge in [0, 0.05) is 11.3 Å². The number of rotatable bonds is 11. The normalized spacial score (nSPS) is 10.8. The van der Waals surface area contributed by atoms with E-state index >= 15 is 0 Å². The minimum Gasteiger partial charge on any atom is -0.477 e. The van der Waals surface area contributed by atoms with Crippen LogP contribution in [0.4, 0.5) is 5.82 Å². The van der Waals surface area contributed by atoms with Crippen LogP contribution in [-0.4, -0.2) is 15.6 Å². The van der Waals surface area contributed by atoms with E-state index in [1.54, 1.807) is 6.07 Å². The first-order valence-corrected chi connectivity index (χ1v) is 11.4. The molecule has 0 saturated carbocycles. The van der Waals surface area contributed by atoms with Gasteiger partial charge < -0.3 is 9.95 Å². The van der Waals surface area contributed by atoms with Gasteiger partial charge in [-0.3, -0.25) is 4.57 Å². The first-order valence-electron chi connectivity index (χ1n) is 10.6. The maximum absolute atomic E-state index is 11.0. The largest absolute Gasteiger partial charge is 0.477 e. The first kappa shape index (κ1) is 21.9. The Bertz CT molecular complexity index is 1010. The SMILES string of the molecule is [C-]#[N+]c1ccc(CCCc2ccc(C(=O)O)s2)n1-c1ccc(CCCCCC)cc1. The van der Waals surface area contributed by atoms with Crippen molar-refractivity contribution in [3.05, 3.63) is 81.0 Å². The predicted octanol–water partition coefficient (Wildman–Crippen LogP) is 7.09. The average Bonchev–Trinajstić information content (AvgIpc) is 3.39. The number of carboxylic acids is 1. The zero-order chi connectivity index (χ0) is 21.3. The number of hydrogen-bond donors (Lipinski definition) is 1. The van der Waals surface area contributed by atoms with Gasteiger partial charge in [0.1, 0.15) is 10.6 Å². The molecule has 0 radical (unpaired) electrons. The van der Waals surface area contributed by atoms with Crippen LogP contribution in [0, 0.1) is 6.57 Å². The van der Waals surface area contributed by atoms with Crippen LogP contribution in [0.5, 0.6) is 0 Å². The van der Waals surface area contributed by atoms with Crippen molar-refractivity contribution in [3.63, 3.8) is 0 Å². The van der Waals surface area contributed by atoms with Crippen molar-refractivity contribution in [2.24, 2.45) is 0 Å². The van der Waals surface area contributed by atoms with Crippen molar-refractivity contribution in [1.82, 2.24) is 4.57 Å². The fraction of sp³-hybridized carbons (Fsp3) is 0.360. The van der Waals surface area contributed by atoms with Gasteiger partial charge in [-0.15, -0.1) is 11.3 Å². The summed E-state index contributed by atoms with van der Waals surface area (Å²) < 4.78 is 2.05. The number of aryl methyl sites for hydroxylation is 3. The number of carbonyl (C=O) groups is 1. The minimum atomic E-state index is -0.865. The highest BCUT2D eigenvalue weighted by Crippen LogP contribution is 2.26. The van der Waals surface area contributed by atoms with Crippen molar-refractivity contribution in [1.29, 1.82) is 0 Å². The van der Waals surface area contributed by atoms with Crippen LogP contribution < -0.4 is 0 Å². The Labute approximate surface area is 182 Å². The summed E-state index contributed by atoms with van der Waals surface area (Å²) in [7, 11) is 0. The monoisotopic (exact) mass is 420 g/mol. The molecule has 0 bridgehead atoms. The molecule has 2 heterocycles. The standard InChI is InChI=1S/C25H28N2O2S/c1-3-4-5-6-8-19-11-13-21(14-12-19)27-20(15-18-24(27)26-2)9-7-10-22-16-17-23(30-22)25(28)29/h11-18H,3-10H2,1H3,(H,28,29). The van der Waals surface area contributed by atoms with Crippen LogP contribution >= 0.6 is 11.3 Å². The van der Waals surface area contributed by atoms with Gasteiger partial charge in [0.25, 0.3) is 0 Å². The molecule has 0 unspecified atom stereocenters. The Morgan fingerprint density at radius 3 is 2.43 bits per heavy atom. The van der Waals surface area contributed by atoms with Crippen molar-refractivity contribution in [2.45, 2.75) is 58.3 Å². The molecule has 3 rings (SSSR count). The summed E-state index contributed by atoms with van der Waals surface area (Å²) in [6, 6.07) is 16.1. The lowest BCUT2D eigenvalue weighted by Crippen LogP contribution is -2.01. The first-order chi connectivity index (χ1) is 14.6. The number of carboxylic acid groups (broad SMARTS) is 1. The molecule has 0 spiro atoms. The van der Waals surface area contributed by atoms with Gasteiger partial charge in [0.15, 0.2) is 0 Å². The molecular weight excluding hydrogens is 392 g/mol. The van der Waals surface area contributed by atoms with E-state index in [2.05, 4.69) is 36.0 Å². The summed E-state index contributed by atoms with van der Waals surface area (Å²) in [6.45, 7) is 9.75. The lowest BCUT2D eigenvalue weighted by molar-refractivity contribution is 0.0702. The van der Waals surface area contributed by atoms with E-state index in [0.717, 1.165) is 41.9 Å². The zero-order valence-electron chi connectivity index (χ0n) is 17.4. The van der Waals surface area contributed by atoms with E-state index in [1.165, 1.54) is 42.6 Å². The summed E-state index contributed by atoms with van der Waals surface area (Å²) in [5.74, 6) is -0.236. The number of unbranched alkanes of at least 4 members (excludes halogenated alkanes) is 3. The molecule has 4 nitrogen and oxygen atoms in total. The van der Waals surface area contributed by atoms with E-state index in [-0.39, 0.29) is 0 Å². The van der Waals surface area contributed by atoms with Crippen molar-refractivity contribution < 1.29 is 9.90 Å². The number of nitrogens with zero attached hydrogens (tertiary/aromatic N) is 2. The second kappa shape index (κ2) is 10.8. The minimum absolute atomic E-state index is 0.387. The van der Waals surface area contributed by atoms with Crippen LogP contribution in [0.3, 0.4) is 0 Å². The molecule has 0 atom stereocenters. The third-order valence-corrected chi connectivity index (χ3v) is 6.43. The number of benzene rings is 1. The van der Waals surface area contributed by atoms with Crippen LogP contribution in [0.1, 0.15) is 64.8 Å². The van der Waals surface area contributed by atoms with E-state index in [9.17, 15) is 4.79 Å². The third-order valence-electron chi connectivity index (χ3n) is 5.30. The summed E-state index contributed by atoms with van der Waals surface area (Å²) >= 11 is 1.34. The highest BCUT2D eigenvalue weighted by Gasteiger charge is 2.14. The van der Waals surface area contributed by atoms with Crippen LogP contribution in [0.15, 0.2) is 48.5 Å². The lowest BCUT2D eigenvalue weighted by atomic mass is 10.1. The van der Waals surface area contributed by atoms with E-state index in [1.807, 2.05) is 22.8 Å². The average molecular weight is 421 g/mol. The molecule has 0 fully saturated rings. The molecule has 0 aliphatic rings. The summed E-state index contributed by atoms with van der Waals surface area (Å²) in [4.78, 5) is 16.2. The molecule has 0 aliphatic carbocycles. The molecule has 30 heavy (non-hydrogen) atoms. The lowest BCUT2D eigenvalue weighted by Gasteiger charge is -2.09. The van der Waals surface area contributed by atoms with Crippen molar-refractivity contribution in [3.8, 4) is 5.69 Å². The Morgan fingerprint density at radius 2 is 1.77 bits per heavy atom. The van der Waals surface area contributed by atoms with Gasteiger partial charge in [0.2, 0.25) is 5.82 Å². The van der Waals surface area contributed by atoms with Crippen LogP contribution in [0.2, 0.25) is 0 Å². The Kier molecular flexibility index (Phi) is 7.87. The maximum Gasteiger partial charge on any atom is 0.345 e. The molecule has 0 amide bonds. The molecule has 0 saturated heterocycles. The van der Waals surface area contributed by atoms with Gasteiger partial charge in [-0.1, -0.05) is 44.9 Å². The predicted molar refractivity (Wildman–Crippen MR) is 123 cm³/mol. The van der Waals surface area contributed by atoms with Crippen molar-refractivity contribution in [2.75, 3.05) is 0 Å². The number of aromatic nitrogens is 1. The Morgan fingerprint density at radius 1 is 0.967 bits per heavy atom. The number of thiophene rings is 1. The Hall–Kier alpha value is -2.84. The quantitative estimate of drug-likeness (QED) is 0.266. The van der Waals surface area contributed by atoms with Gasteiger partial charge in [-0.25, -0.2) is 4.79 Å². The fourth-order valence-electron chi connectivity index (χ4n) is 3.69. The second-order valence-electron chi connectivity index (χ2n) is 7.53. The molecule has 0 aliphatic heterocycles. The van der Waals surface area contributed by atoms with Gasteiger partial charge in [-0.2, -0.15) is 0 Å². The molecule has 2 aromatic heterocycles. The maximum atomic E-state index is 11.0. The second-order valence-corrected chi connectivity index (χ2v) is 8.70. The molecular formula is C25H28N2O2S. The van der Waals surface area contributed by atoms with Crippen LogP contribution in [0.25, 0.3) is 10.5 Å². The molecule has 156 valence electrons. The fourth-order valence-corrected chi connectivity index (χ4v) is 4.57. The van der Waals surface area contributed by atoms with Crippen LogP contribution in [-0.2, 0) is 19.3 Å². The van der Waals surface area contributed by atoms with E-state index < -0.39 is 5.97 Å². The van der Waals surface area contributed by atoms with Crippen molar-refractivity contribution >= 4 is 23.1 Å². The summed E-state index contributed by atoms with van der Waals surface area (Å²) in [5.41, 5.74) is 3.49. The van der Waals surface area contributed by atoms with E-state index in [0.29, 0.717) is 10.7 Å². The molecule has 1 N–H and O–H groups in total. The van der Waals surface area contributed by atoms with Gasteiger partial charge in [-0.05, 0) is 67.6 Å². The molecule has 1 aromatic carbocycles. The summed E-state index contributed by atoms with van der Waals surface area (Å²) in [6.07, 6.45) is 8.75. The zero-order valence-corrected chi connectivity index (χ0v) is 18.3. The summed E-state index contributed by atoms with van der Waals surface area (Å²) in [5, 5.41) is 9.06. The Balaban J connectivity index is 1.65.